The van der Waals surface area contributed by atoms with E-state index in [2.05, 4.69) is 34.2 Å². The molecule has 0 aliphatic rings. The van der Waals surface area contributed by atoms with Gasteiger partial charge in [0.2, 0.25) is 0 Å². The quantitative estimate of drug-likeness (QED) is 0.426. The van der Waals surface area contributed by atoms with Gasteiger partial charge >= 0.3 is 0 Å². The average molecular weight is 451 g/mol. The summed E-state index contributed by atoms with van der Waals surface area (Å²) in [5.74, 6) is 0.515. The minimum absolute atomic E-state index is 0.427. The topological polar surface area (TPSA) is 21.3 Å². The number of nitrogens with one attached hydrogen (secondary N) is 1. The normalized spacial score (nSPS) is 10.6. The van der Waals surface area contributed by atoms with Gasteiger partial charge in [-0.1, -0.05) is 69.5 Å². The van der Waals surface area contributed by atoms with Gasteiger partial charge in [0.05, 0.1) is 10.0 Å². The lowest BCUT2D eigenvalue weighted by atomic mass is 10.1. The van der Waals surface area contributed by atoms with E-state index in [1.807, 2.05) is 54.6 Å². The number of aryl methyl sites for hydroxylation is 1. The molecule has 0 bridgehead atoms. The number of ether oxygens (including phenoxy) is 1. The van der Waals surface area contributed by atoms with Gasteiger partial charge in [-0.25, -0.2) is 0 Å². The molecule has 5 heteroatoms. The third-order valence-electron chi connectivity index (χ3n) is 3.96. The predicted molar refractivity (Wildman–Crippen MR) is 113 cm³/mol. The monoisotopic (exact) mass is 449 g/mol. The Bertz CT molecular complexity index is 877. The molecule has 0 amide bonds. The number of hydrogen-bond acceptors (Lipinski definition) is 2. The van der Waals surface area contributed by atoms with Crippen LogP contribution in [0.2, 0.25) is 10.0 Å². The Hall–Kier alpha value is -1.68. The van der Waals surface area contributed by atoms with Crippen molar-refractivity contribution in [3.63, 3.8) is 0 Å². The van der Waals surface area contributed by atoms with Crippen LogP contribution in [-0.4, -0.2) is 0 Å². The Morgan fingerprint density at radius 3 is 2.27 bits per heavy atom. The molecule has 0 atom stereocenters. The molecule has 0 aliphatic carbocycles. The van der Waals surface area contributed by atoms with Crippen LogP contribution in [0.4, 0.5) is 5.69 Å². The summed E-state index contributed by atoms with van der Waals surface area (Å²) in [5, 5.41) is 4.43. The molecule has 134 valence electrons. The number of hydrogen-bond donors (Lipinski definition) is 1. The second-order valence-electron chi connectivity index (χ2n) is 5.98. The SMILES string of the molecule is Cc1cc(Br)ccc1NCc1cc(Cl)c(OCc2ccccc2)c(Cl)c1. The van der Waals surface area contributed by atoms with Crippen LogP contribution in [0.1, 0.15) is 16.7 Å². The number of anilines is 1. The minimum atomic E-state index is 0.427. The van der Waals surface area contributed by atoms with Gasteiger partial charge in [0.25, 0.3) is 0 Å². The summed E-state index contributed by atoms with van der Waals surface area (Å²) in [6.07, 6.45) is 0. The van der Waals surface area contributed by atoms with Crippen LogP contribution in [-0.2, 0) is 13.2 Å². The van der Waals surface area contributed by atoms with E-state index in [-0.39, 0.29) is 0 Å². The molecule has 0 radical (unpaired) electrons. The molecular weight excluding hydrogens is 433 g/mol. The summed E-state index contributed by atoms with van der Waals surface area (Å²) < 4.78 is 6.88. The fraction of sp³-hybridized carbons (Fsp3) is 0.143. The molecule has 0 aliphatic heterocycles. The van der Waals surface area contributed by atoms with Crippen molar-refractivity contribution in [2.75, 3.05) is 5.32 Å². The first kappa shape index (κ1) is 19.1. The van der Waals surface area contributed by atoms with E-state index in [0.717, 1.165) is 21.3 Å². The third-order valence-corrected chi connectivity index (χ3v) is 5.01. The van der Waals surface area contributed by atoms with Crippen molar-refractivity contribution in [3.05, 3.63) is 91.9 Å². The summed E-state index contributed by atoms with van der Waals surface area (Å²) in [6, 6.07) is 19.8. The van der Waals surface area contributed by atoms with Crippen molar-refractivity contribution < 1.29 is 4.74 Å². The van der Waals surface area contributed by atoms with Crippen molar-refractivity contribution in [3.8, 4) is 5.75 Å². The molecule has 0 spiro atoms. The molecule has 0 unspecified atom stereocenters. The summed E-state index contributed by atoms with van der Waals surface area (Å²) in [4.78, 5) is 0. The Morgan fingerprint density at radius 2 is 1.62 bits per heavy atom. The number of benzene rings is 3. The molecule has 3 aromatic rings. The number of halogens is 3. The zero-order chi connectivity index (χ0) is 18.5. The van der Waals surface area contributed by atoms with Crippen LogP contribution < -0.4 is 10.1 Å². The van der Waals surface area contributed by atoms with Gasteiger partial charge in [-0.3, -0.25) is 0 Å². The second-order valence-corrected chi connectivity index (χ2v) is 7.71. The highest BCUT2D eigenvalue weighted by Crippen LogP contribution is 2.35. The van der Waals surface area contributed by atoms with Crippen molar-refractivity contribution in [1.29, 1.82) is 0 Å². The lowest BCUT2D eigenvalue weighted by Gasteiger charge is -2.14. The molecule has 1 N–H and O–H groups in total. The van der Waals surface area contributed by atoms with Crippen molar-refractivity contribution in [1.82, 2.24) is 0 Å². The van der Waals surface area contributed by atoms with Crippen molar-refractivity contribution in [2.45, 2.75) is 20.1 Å². The standard InChI is InChI=1S/C21H18BrCl2NO/c1-14-9-17(22)7-8-20(14)25-12-16-10-18(23)21(19(24)11-16)26-13-15-5-3-2-4-6-15/h2-11,25H,12-13H2,1H3. The summed E-state index contributed by atoms with van der Waals surface area (Å²) >= 11 is 16.3. The Kier molecular flexibility index (Phi) is 6.47. The summed E-state index contributed by atoms with van der Waals surface area (Å²) in [7, 11) is 0. The highest BCUT2D eigenvalue weighted by Gasteiger charge is 2.10. The molecule has 0 fully saturated rings. The zero-order valence-corrected chi connectivity index (χ0v) is 17.3. The second kappa shape index (κ2) is 8.81. The maximum absolute atomic E-state index is 6.39. The molecule has 26 heavy (non-hydrogen) atoms. The van der Waals surface area contributed by atoms with E-state index in [9.17, 15) is 0 Å². The lowest BCUT2D eigenvalue weighted by molar-refractivity contribution is 0.306. The first-order valence-corrected chi connectivity index (χ1v) is 9.72. The molecular formula is C21H18BrCl2NO. The third kappa shape index (κ3) is 4.94. The molecule has 3 rings (SSSR count). The Labute approximate surface area is 172 Å². The van der Waals surface area contributed by atoms with Gasteiger partial charge in [-0.2, -0.15) is 0 Å². The van der Waals surface area contributed by atoms with Crippen LogP contribution in [0, 0.1) is 6.92 Å². The van der Waals surface area contributed by atoms with Gasteiger partial charge in [-0.15, -0.1) is 0 Å². The number of rotatable bonds is 6. The van der Waals surface area contributed by atoms with Crippen molar-refractivity contribution in [2.24, 2.45) is 0 Å². The molecule has 0 heterocycles. The van der Waals surface area contributed by atoms with Crippen LogP contribution in [0.3, 0.4) is 0 Å². The van der Waals surface area contributed by atoms with E-state index in [1.54, 1.807) is 0 Å². The smallest absolute Gasteiger partial charge is 0.156 e. The van der Waals surface area contributed by atoms with Crippen LogP contribution in [0.15, 0.2) is 65.1 Å². The van der Waals surface area contributed by atoms with Gasteiger partial charge < -0.3 is 10.1 Å². The predicted octanol–water partition coefficient (Wildman–Crippen LogP) is 7.26. The first-order valence-electron chi connectivity index (χ1n) is 8.17. The summed E-state index contributed by atoms with van der Waals surface area (Å²) in [6.45, 7) is 3.12. The molecule has 2 nitrogen and oxygen atoms in total. The first-order chi connectivity index (χ1) is 12.5. The molecule has 0 saturated heterocycles. The van der Waals surface area contributed by atoms with Gasteiger partial charge in [-0.05, 0) is 53.9 Å². The lowest BCUT2D eigenvalue weighted by Crippen LogP contribution is -2.02. The highest BCUT2D eigenvalue weighted by atomic mass is 79.9. The van der Waals surface area contributed by atoms with Gasteiger partial charge in [0.15, 0.2) is 5.75 Å². The van der Waals surface area contributed by atoms with Crippen LogP contribution in [0.25, 0.3) is 0 Å². The van der Waals surface area contributed by atoms with Crippen molar-refractivity contribution >= 4 is 44.8 Å². The maximum Gasteiger partial charge on any atom is 0.156 e. The van der Waals surface area contributed by atoms with Gasteiger partial charge in [0.1, 0.15) is 6.61 Å². The van der Waals surface area contributed by atoms with E-state index >= 15 is 0 Å². The molecule has 0 aromatic heterocycles. The zero-order valence-electron chi connectivity index (χ0n) is 14.2. The molecule has 0 saturated carbocycles. The summed E-state index contributed by atoms with van der Waals surface area (Å²) in [5.41, 5.74) is 4.30. The maximum atomic E-state index is 6.39. The Morgan fingerprint density at radius 1 is 0.923 bits per heavy atom. The van der Waals surface area contributed by atoms with E-state index in [4.69, 9.17) is 27.9 Å². The van der Waals surface area contributed by atoms with Gasteiger partial charge in [0, 0.05) is 16.7 Å². The fourth-order valence-corrected chi connectivity index (χ4v) is 3.72. The van der Waals surface area contributed by atoms with E-state index < -0.39 is 0 Å². The average Bonchev–Trinajstić information content (AvgIpc) is 2.61. The van der Waals surface area contributed by atoms with E-state index in [0.29, 0.717) is 28.9 Å². The van der Waals surface area contributed by atoms with Crippen LogP contribution >= 0.6 is 39.1 Å². The largest absolute Gasteiger partial charge is 0.486 e. The highest BCUT2D eigenvalue weighted by molar-refractivity contribution is 9.10. The molecule has 3 aromatic carbocycles. The van der Waals surface area contributed by atoms with Crippen LogP contribution in [0.5, 0.6) is 5.75 Å². The minimum Gasteiger partial charge on any atom is -0.486 e. The van der Waals surface area contributed by atoms with E-state index in [1.165, 1.54) is 5.56 Å². The Balaban J connectivity index is 1.68. The fourth-order valence-electron chi connectivity index (χ4n) is 2.60.